The smallest absolute Gasteiger partial charge is 0.282 e. The summed E-state index contributed by atoms with van der Waals surface area (Å²) in [5.41, 5.74) is 2.46. The fraction of sp³-hybridized carbons (Fsp3) is 0.522. The Labute approximate surface area is 216 Å². The maximum absolute atomic E-state index is 11.4. The highest BCUT2D eigenvalue weighted by Crippen LogP contribution is 2.36. The van der Waals surface area contributed by atoms with Crippen LogP contribution in [0.5, 0.6) is 5.75 Å². The summed E-state index contributed by atoms with van der Waals surface area (Å²) in [6.45, 7) is 0.325. The second kappa shape index (κ2) is 12.2. The van der Waals surface area contributed by atoms with Crippen LogP contribution in [0, 0.1) is 6.92 Å². The van der Waals surface area contributed by atoms with Gasteiger partial charge in [-0.25, -0.2) is 0 Å². The lowest BCUT2D eigenvalue weighted by atomic mass is 9.97. The van der Waals surface area contributed by atoms with Gasteiger partial charge in [-0.1, -0.05) is 29.8 Å². The molecule has 0 saturated carbocycles. The van der Waals surface area contributed by atoms with Gasteiger partial charge in [0.1, 0.15) is 36.3 Å². The number of hydroxylamine groups is 2. The Morgan fingerprint density at radius 1 is 0.947 bits per heavy atom. The molecule has 2 saturated heterocycles. The van der Waals surface area contributed by atoms with Crippen LogP contribution in [0.2, 0.25) is 0 Å². The van der Waals surface area contributed by atoms with Crippen molar-refractivity contribution in [1.29, 1.82) is 0 Å². The van der Waals surface area contributed by atoms with Crippen molar-refractivity contribution >= 4 is 0 Å². The average Bonchev–Trinajstić information content (AvgIpc) is 2.90. The van der Waals surface area contributed by atoms with Crippen LogP contribution < -0.4 is 4.74 Å². The van der Waals surface area contributed by atoms with Crippen molar-refractivity contribution in [3.63, 3.8) is 0 Å². The minimum atomic E-state index is -2.85. The van der Waals surface area contributed by atoms with Crippen LogP contribution >= 0.6 is 0 Å². The largest absolute Gasteiger partial charge is 0.453 e. The number of aliphatic hydroxyl groups excluding tert-OH is 6. The molecule has 1 aromatic heterocycles. The van der Waals surface area contributed by atoms with Gasteiger partial charge in [-0.3, -0.25) is 15.0 Å². The molecule has 15 nitrogen and oxygen atoms in total. The third kappa shape index (κ3) is 5.80. The van der Waals surface area contributed by atoms with E-state index in [4.69, 9.17) is 19.0 Å². The predicted octanol–water partition coefficient (Wildman–Crippen LogP) is -3.20. The minimum Gasteiger partial charge on any atom is -0.453 e. The van der Waals surface area contributed by atoms with Crippen molar-refractivity contribution in [2.24, 2.45) is 0 Å². The van der Waals surface area contributed by atoms with Crippen LogP contribution in [0.4, 0.5) is 0 Å². The molecule has 1 aromatic carbocycles. The standard InChI is InChI=1S/C23H30N2O12.H2O/c1-11-2-4-12(5-3-11)14-7-6-13(8-24-14)36-23(32)20(16(10-27)37-25(33)22(23)31)35-21-19(30)18(29)17(28)15(9-26)34-21;/h2-8,15-22,26-33H,9-10H2,1H3;1H2/t15-,16-,17+,18+,19-,20-,21+,22-,23-;/m1./s1. The third-order valence-electron chi connectivity index (χ3n) is 6.24. The fourth-order valence-electron chi connectivity index (χ4n) is 4.10. The van der Waals surface area contributed by atoms with E-state index >= 15 is 0 Å². The Balaban J connectivity index is 0.00000400. The molecular formula is C23H32N2O13. The number of hydrogen-bond acceptors (Lipinski definition) is 14. The van der Waals surface area contributed by atoms with Gasteiger partial charge in [-0.15, -0.1) is 0 Å². The van der Waals surface area contributed by atoms with E-state index in [9.17, 15) is 41.0 Å². The molecule has 0 amide bonds. The summed E-state index contributed by atoms with van der Waals surface area (Å²) in [6, 6.07) is 10.6. The second-order valence-electron chi connectivity index (χ2n) is 8.86. The number of rotatable bonds is 7. The first-order valence-corrected chi connectivity index (χ1v) is 11.4. The first-order valence-electron chi connectivity index (χ1n) is 11.4. The van der Waals surface area contributed by atoms with Crippen molar-refractivity contribution in [2.45, 2.75) is 61.9 Å². The van der Waals surface area contributed by atoms with Crippen LogP contribution in [0.1, 0.15) is 5.56 Å². The van der Waals surface area contributed by atoms with Crippen LogP contribution in [-0.2, 0) is 14.3 Å². The highest BCUT2D eigenvalue weighted by atomic mass is 16.9. The van der Waals surface area contributed by atoms with Gasteiger partial charge in [0.2, 0.25) is 6.23 Å². The number of benzene rings is 1. The monoisotopic (exact) mass is 544 g/mol. The average molecular weight is 545 g/mol. The number of aryl methyl sites for hydroxylation is 1. The molecule has 0 radical (unpaired) electrons. The minimum absolute atomic E-state index is 0. The molecule has 10 N–H and O–H groups in total. The molecule has 0 aliphatic carbocycles. The van der Waals surface area contributed by atoms with Gasteiger partial charge in [0.25, 0.3) is 5.79 Å². The van der Waals surface area contributed by atoms with E-state index in [2.05, 4.69) is 4.98 Å². The molecule has 2 aliphatic rings. The number of hydrogen-bond donors (Lipinski definition) is 8. The lowest BCUT2D eigenvalue weighted by Crippen LogP contribution is -2.73. The first-order chi connectivity index (χ1) is 17.6. The third-order valence-corrected chi connectivity index (χ3v) is 6.24. The van der Waals surface area contributed by atoms with Crippen LogP contribution in [0.15, 0.2) is 42.6 Å². The van der Waals surface area contributed by atoms with Crippen molar-refractivity contribution in [2.75, 3.05) is 13.2 Å². The maximum Gasteiger partial charge on any atom is 0.282 e. The van der Waals surface area contributed by atoms with Gasteiger partial charge >= 0.3 is 0 Å². The summed E-state index contributed by atoms with van der Waals surface area (Å²) in [4.78, 5) is 9.25. The van der Waals surface area contributed by atoms with Crippen molar-refractivity contribution < 1.29 is 65.5 Å². The summed E-state index contributed by atoms with van der Waals surface area (Å²) in [6.07, 6.45) is -13.0. The Kier molecular flexibility index (Phi) is 9.71. The molecule has 212 valence electrons. The van der Waals surface area contributed by atoms with Crippen molar-refractivity contribution in [3.05, 3.63) is 48.2 Å². The summed E-state index contributed by atoms with van der Waals surface area (Å²) >= 11 is 0. The zero-order valence-corrected chi connectivity index (χ0v) is 20.2. The lowest BCUT2D eigenvalue weighted by molar-refractivity contribution is -0.511. The Hall–Kier alpha value is -2.35. The zero-order chi connectivity index (χ0) is 26.9. The number of nitrogens with zero attached hydrogens (tertiary/aromatic N) is 2. The zero-order valence-electron chi connectivity index (χ0n) is 20.2. The quantitative estimate of drug-likeness (QED) is 0.160. The van der Waals surface area contributed by atoms with Crippen LogP contribution in [0.25, 0.3) is 11.3 Å². The molecule has 2 fully saturated rings. The lowest BCUT2D eigenvalue weighted by Gasteiger charge is -2.49. The summed E-state index contributed by atoms with van der Waals surface area (Å²) in [7, 11) is 0. The molecular weight excluding hydrogens is 512 g/mol. The van der Waals surface area contributed by atoms with Gasteiger partial charge < -0.3 is 55.4 Å². The summed E-state index contributed by atoms with van der Waals surface area (Å²) in [5, 5.41) is 81.4. The highest BCUT2D eigenvalue weighted by Gasteiger charge is 2.60. The molecule has 38 heavy (non-hydrogen) atoms. The first kappa shape index (κ1) is 30.2. The Morgan fingerprint density at radius 3 is 2.18 bits per heavy atom. The van der Waals surface area contributed by atoms with Gasteiger partial charge in [-0.05, 0) is 24.3 Å². The number of pyridine rings is 1. The van der Waals surface area contributed by atoms with E-state index in [0.29, 0.717) is 5.69 Å². The van der Waals surface area contributed by atoms with Gasteiger partial charge in [0, 0.05) is 5.56 Å². The number of ether oxygens (including phenoxy) is 3. The fourth-order valence-corrected chi connectivity index (χ4v) is 4.10. The number of aliphatic hydroxyl groups is 7. The molecule has 0 bridgehead atoms. The predicted molar refractivity (Wildman–Crippen MR) is 124 cm³/mol. The highest BCUT2D eigenvalue weighted by molar-refractivity contribution is 5.59. The van der Waals surface area contributed by atoms with Gasteiger partial charge in [0.05, 0.1) is 25.1 Å². The maximum atomic E-state index is 11.4. The topological polar surface area (TPSA) is 246 Å². The van der Waals surface area contributed by atoms with E-state index < -0.39 is 68.1 Å². The Morgan fingerprint density at radius 2 is 1.61 bits per heavy atom. The van der Waals surface area contributed by atoms with E-state index in [-0.39, 0.29) is 16.5 Å². The van der Waals surface area contributed by atoms with Gasteiger partial charge in [0.15, 0.2) is 12.4 Å². The van der Waals surface area contributed by atoms with E-state index in [1.807, 2.05) is 31.2 Å². The Bertz CT molecular complexity index is 1030. The molecule has 3 heterocycles. The molecule has 0 unspecified atom stereocenters. The van der Waals surface area contributed by atoms with Crippen LogP contribution in [0.3, 0.4) is 0 Å². The molecule has 2 aromatic rings. The number of aromatic nitrogens is 1. The molecule has 0 spiro atoms. The van der Waals surface area contributed by atoms with E-state index in [1.54, 1.807) is 6.07 Å². The molecule has 15 heteroatoms. The SMILES string of the molecule is Cc1ccc(-c2ccc(O[C@]3(O)[C@H](O[C@@H]4O[C@H](CO)[C@H](O)[C@H](O)[C@H]4O)[C@@H](CO)ON(O)[C@@H]3O)cn2)cc1.O. The molecule has 2 aliphatic heterocycles. The summed E-state index contributed by atoms with van der Waals surface area (Å²) < 4.78 is 16.5. The molecule has 4 rings (SSSR count). The summed E-state index contributed by atoms with van der Waals surface area (Å²) in [5.74, 6) is -2.93. The van der Waals surface area contributed by atoms with Crippen molar-refractivity contribution in [1.82, 2.24) is 10.2 Å². The van der Waals surface area contributed by atoms with E-state index in [1.165, 1.54) is 12.3 Å². The normalized spacial score (nSPS) is 35.9. The van der Waals surface area contributed by atoms with Gasteiger partial charge in [-0.2, -0.15) is 0 Å². The van der Waals surface area contributed by atoms with Crippen molar-refractivity contribution in [3.8, 4) is 17.0 Å². The van der Waals surface area contributed by atoms with E-state index in [0.717, 1.165) is 11.1 Å². The van der Waals surface area contributed by atoms with Crippen LogP contribution in [-0.4, -0.2) is 125 Å². The molecule has 9 atom stereocenters. The second-order valence-corrected chi connectivity index (χ2v) is 8.86.